The van der Waals surface area contributed by atoms with E-state index in [2.05, 4.69) is 0 Å². The Kier molecular flexibility index (Phi) is 3.99. The lowest BCUT2D eigenvalue weighted by atomic mass is 10.3. The highest BCUT2D eigenvalue weighted by Crippen LogP contribution is 2.22. The van der Waals surface area contributed by atoms with E-state index in [-0.39, 0.29) is 5.78 Å². The van der Waals surface area contributed by atoms with E-state index in [1.165, 1.54) is 11.8 Å². The molecule has 0 aliphatic carbocycles. The van der Waals surface area contributed by atoms with Crippen LogP contribution in [0.15, 0.2) is 35.2 Å². The highest BCUT2D eigenvalue weighted by molar-refractivity contribution is 8.00. The van der Waals surface area contributed by atoms with Gasteiger partial charge in [-0.1, -0.05) is 36.9 Å². The maximum absolute atomic E-state index is 11.0. The Labute approximate surface area is 82.0 Å². The number of benzene rings is 1. The molecule has 0 aliphatic rings. The Bertz CT molecular complexity index is 272. The second-order valence-corrected chi connectivity index (χ2v) is 3.76. The largest absolute Gasteiger partial charge is 0.374 e. The zero-order chi connectivity index (χ0) is 9.68. The summed E-state index contributed by atoms with van der Waals surface area (Å²) in [6.07, 6.45) is 0.376. The number of carbonyl (C=O) groups excluding carboxylic acids is 1. The van der Waals surface area contributed by atoms with Crippen LogP contribution in [0, 0.1) is 0 Å². The van der Waals surface area contributed by atoms with Crippen LogP contribution in [-0.2, 0) is 4.79 Å². The molecule has 0 saturated carbocycles. The molecule has 1 unspecified atom stereocenters. The van der Waals surface area contributed by atoms with E-state index in [0.29, 0.717) is 6.42 Å². The lowest BCUT2D eigenvalue weighted by Crippen LogP contribution is -2.14. The van der Waals surface area contributed by atoms with Gasteiger partial charge in [-0.05, 0) is 12.1 Å². The van der Waals surface area contributed by atoms with Gasteiger partial charge >= 0.3 is 0 Å². The number of aliphatic hydroxyl groups excluding tert-OH is 1. The number of hydrogen-bond acceptors (Lipinski definition) is 3. The van der Waals surface area contributed by atoms with E-state index >= 15 is 0 Å². The zero-order valence-corrected chi connectivity index (χ0v) is 8.25. The first-order valence-electron chi connectivity index (χ1n) is 4.16. The van der Waals surface area contributed by atoms with Crippen LogP contribution in [0.5, 0.6) is 0 Å². The number of Topliss-reactive ketones (excluding diaryl/α,β-unsaturated/α-hetero) is 1. The Morgan fingerprint density at radius 1 is 1.46 bits per heavy atom. The molecule has 1 N–H and O–H groups in total. The van der Waals surface area contributed by atoms with Gasteiger partial charge in [0.2, 0.25) is 0 Å². The fraction of sp³-hybridized carbons (Fsp3) is 0.300. The minimum absolute atomic E-state index is 0.131. The third-order valence-corrected chi connectivity index (χ3v) is 2.65. The Morgan fingerprint density at radius 3 is 2.62 bits per heavy atom. The van der Waals surface area contributed by atoms with Crippen LogP contribution in [0.4, 0.5) is 0 Å². The third kappa shape index (κ3) is 3.20. The van der Waals surface area contributed by atoms with Crippen LogP contribution in [0.1, 0.15) is 13.3 Å². The van der Waals surface area contributed by atoms with Crippen molar-refractivity contribution in [2.75, 3.05) is 0 Å². The SMILES string of the molecule is CCC(=O)C(O)Sc1ccccc1. The molecule has 2 nitrogen and oxygen atoms in total. The molecular weight excluding hydrogens is 184 g/mol. The van der Waals surface area contributed by atoms with Crippen molar-refractivity contribution >= 4 is 17.5 Å². The number of carbonyl (C=O) groups is 1. The zero-order valence-electron chi connectivity index (χ0n) is 7.43. The number of thioether (sulfide) groups is 1. The van der Waals surface area contributed by atoms with E-state index in [1.54, 1.807) is 6.92 Å². The van der Waals surface area contributed by atoms with Crippen LogP contribution in [0.3, 0.4) is 0 Å². The molecule has 0 aliphatic heterocycles. The van der Waals surface area contributed by atoms with Gasteiger partial charge in [-0.2, -0.15) is 0 Å². The molecule has 0 heterocycles. The molecule has 0 radical (unpaired) electrons. The van der Waals surface area contributed by atoms with Crippen molar-refractivity contribution in [2.24, 2.45) is 0 Å². The van der Waals surface area contributed by atoms with Gasteiger partial charge in [-0.3, -0.25) is 4.79 Å². The van der Waals surface area contributed by atoms with E-state index < -0.39 is 5.44 Å². The van der Waals surface area contributed by atoms with Crippen molar-refractivity contribution < 1.29 is 9.90 Å². The third-order valence-electron chi connectivity index (χ3n) is 1.61. The molecular formula is C10H12O2S. The van der Waals surface area contributed by atoms with Gasteiger partial charge in [-0.25, -0.2) is 0 Å². The lowest BCUT2D eigenvalue weighted by molar-refractivity contribution is -0.122. The van der Waals surface area contributed by atoms with E-state index in [1.807, 2.05) is 30.3 Å². The summed E-state index contributed by atoms with van der Waals surface area (Å²) in [4.78, 5) is 12.0. The Hall–Kier alpha value is -0.800. The first-order chi connectivity index (χ1) is 6.24. The van der Waals surface area contributed by atoms with Crippen molar-refractivity contribution in [3.8, 4) is 0 Å². The predicted octanol–water partition coefficient (Wildman–Crippen LogP) is 2.08. The average molecular weight is 196 g/mol. The maximum atomic E-state index is 11.0. The number of aliphatic hydroxyl groups is 1. The molecule has 1 atom stereocenters. The summed E-state index contributed by atoms with van der Waals surface area (Å²) in [6.45, 7) is 1.75. The van der Waals surface area contributed by atoms with E-state index in [9.17, 15) is 9.90 Å². The number of rotatable bonds is 4. The normalized spacial score (nSPS) is 12.5. The summed E-state index contributed by atoms with van der Waals surface area (Å²) in [5.74, 6) is -0.131. The molecule has 3 heteroatoms. The van der Waals surface area contributed by atoms with Gasteiger partial charge in [0.25, 0.3) is 0 Å². The number of hydrogen-bond donors (Lipinski definition) is 1. The average Bonchev–Trinajstić information content (AvgIpc) is 2.18. The van der Waals surface area contributed by atoms with Gasteiger partial charge in [0.05, 0.1) is 0 Å². The quantitative estimate of drug-likeness (QED) is 0.591. The van der Waals surface area contributed by atoms with Crippen LogP contribution in [0.25, 0.3) is 0 Å². The molecule has 0 amide bonds. The van der Waals surface area contributed by atoms with Crippen molar-refractivity contribution in [3.05, 3.63) is 30.3 Å². The van der Waals surface area contributed by atoms with Gasteiger partial charge < -0.3 is 5.11 Å². The highest BCUT2D eigenvalue weighted by atomic mass is 32.2. The fourth-order valence-corrected chi connectivity index (χ4v) is 1.74. The van der Waals surface area contributed by atoms with Gasteiger partial charge in [0, 0.05) is 11.3 Å². The molecule has 13 heavy (non-hydrogen) atoms. The van der Waals surface area contributed by atoms with Gasteiger partial charge in [0.15, 0.2) is 11.2 Å². The molecule has 0 saturated heterocycles. The molecule has 1 rings (SSSR count). The smallest absolute Gasteiger partial charge is 0.171 e. The van der Waals surface area contributed by atoms with Gasteiger partial charge in [-0.15, -0.1) is 0 Å². The van der Waals surface area contributed by atoms with Crippen LogP contribution in [-0.4, -0.2) is 16.3 Å². The maximum Gasteiger partial charge on any atom is 0.171 e. The molecule has 0 fully saturated rings. The molecule has 0 bridgehead atoms. The van der Waals surface area contributed by atoms with E-state index in [0.717, 1.165) is 4.90 Å². The highest BCUT2D eigenvalue weighted by Gasteiger charge is 2.13. The summed E-state index contributed by atoms with van der Waals surface area (Å²) in [6, 6.07) is 9.41. The fourth-order valence-electron chi connectivity index (χ4n) is 0.868. The van der Waals surface area contributed by atoms with Crippen molar-refractivity contribution in [3.63, 3.8) is 0 Å². The predicted molar refractivity (Wildman–Crippen MR) is 53.6 cm³/mol. The van der Waals surface area contributed by atoms with Gasteiger partial charge in [0.1, 0.15) is 0 Å². The minimum atomic E-state index is -0.924. The van der Waals surface area contributed by atoms with Crippen molar-refractivity contribution in [1.29, 1.82) is 0 Å². The molecule has 1 aromatic carbocycles. The lowest BCUT2D eigenvalue weighted by Gasteiger charge is -2.06. The molecule has 1 aromatic rings. The summed E-state index contributed by atoms with van der Waals surface area (Å²) in [5.41, 5.74) is -0.924. The first kappa shape index (κ1) is 10.3. The Morgan fingerprint density at radius 2 is 2.08 bits per heavy atom. The molecule has 0 spiro atoms. The molecule has 0 aromatic heterocycles. The second kappa shape index (κ2) is 5.04. The monoisotopic (exact) mass is 196 g/mol. The van der Waals surface area contributed by atoms with Crippen LogP contribution < -0.4 is 0 Å². The first-order valence-corrected chi connectivity index (χ1v) is 5.04. The number of ketones is 1. The minimum Gasteiger partial charge on any atom is -0.374 e. The Balaban J connectivity index is 2.55. The topological polar surface area (TPSA) is 37.3 Å². The molecule has 70 valence electrons. The van der Waals surface area contributed by atoms with E-state index in [4.69, 9.17) is 0 Å². The second-order valence-electron chi connectivity index (χ2n) is 2.60. The van der Waals surface area contributed by atoms with Crippen molar-refractivity contribution in [1.82, 2.24) is 0 Å². The summed E-state index contributed by atoms with van der Waals surface area (Å²) in [5, 5.41) is 9.38. The summed E-state index contributed by atoms with van der Waals surface area (Å²) in [7, 11) is 0. The van der Waals surface area contributed by atoms with Crippen LogP contribution in [0.2, 0.25) is 0 Å². The summed E-state index contributed by atoms with van der Waals surface area (Å²) >= 11 is 1.18. The summed E-state index contributed by atoms with van der Waals surface area (Å²) < 4.78 is 0. The van der Waals surface area contributed by atoms with Crippen LogP contribution >= 0.6 is 11.8 Å². The standard InChI is InChI=1S/C10H12O2S/c1-2-9(11)10(12)13-8-6-4-3-5-7-8/h3-7,10,12H,2H2,1H3. The van der Waals surface area contributed by atoms with Crippen molar-refractivity contribution in [2.45, 2.75) is 23.7 Å².